The minimum atomic E-state index is -0.694. The summed E-state index contributed by atoms with van der Waals surface area (Å²) in [7, 11) is 0. The highest BCUT2D eigenvalue weighted by atomic mass is 16.3. The Bertz CT molecular complexity index is 869. The van der Waals surface area contributed by atoms with Crippen LogP contribution in [0.1, 0.15) is 58.2 Å². The third kappa shape index (κ3) is 4.65. The smallest absolute Gasteiger partial charge is 0.272 e. The number of rotatable bonds is 3. The summed E-state index contributed by atoms with van der Waals surface area (Å²) in [6.07, 6.45) is 0. The first-order chi connectivity index (χ1) is 12.5. The molecule has 0 heterocycles. The molecule has 6 nitrogen and oxygen atoms in total. The zero-order chi connectivity index (χ0) is 20.4. The number of nitrogens with zero attached hydrogens (tertiary/aromatic N) is 1. The summed E-state index contributed by atoms with van der Waals surface area (Å²) in [6, 6.07) is 9.79. The Morgan fingerprint density at radius 3 is 2.37 bits per heavy atom. The van der Waals surface area contributed by atoms with Gasteiger partial charge in [0.2, 0.25) is 0 Å². The Hall–Kier alpha value is -2.86. The van der Waals surface area contributed by atoms with Crippen molar-refractivity contribution >= 4 is 11.8 Å². The molecular formula is C21H26N2O4. The second kappa shape index (κ2) is 7.80. The van der Waals surface area contributed by atoms with Crippen molar-refractivity contribution in [3.63, 3.8) is 0 Å². The highest BCUT2D eigenvalue weighted by molar-refractivity contribution is 6.00. The first kappa shape index (κ1) is 20.5. The lowest BCUT2D eigenvalue weighted by atomic mass is 10.0. The van der Waals surface area contributed by atoms with E-state index >= 15 is 0 Å². The van der Waals surface area contributed by atoms with E-state index in [1.165, 1.54) is 11.1 Å². The zero-order valence-corrected chi connectivity index (χ0v) is 16.3. The van der Waals surface area contributed by atoms with E-state index in [1.54, 1.807) is 37.3 Å². The summed E-state index contributed by atoms with van der Waals surface area (Å²) >= 11 is 0. The number of nitrogens with one attached hydrogen (secondary N) is 1. The molecule has 0 aliphatic carbocycles. The molecular weight excluding hydrogens is 344 g/mol. The molecule has 0 bridgehead atoms. The van der Waals surface area contributed by atoms with E-state index in [1.807, 2.05) is 27.7 Å². The van der Waals surface area contributed by atoms with Crippen molar-refractivity contribution in [2.24, 2.45) is 0 Å². The van der Waals surface area contributed by atoms with Crippen molar-refractivity contribution in [1.82, 2.24) is 10.4 Å². The number of amides is 2. The van der Waals surface area contributed by atoms with Gasteiger partial charge in [-0.15, -0.1) is 0 Å². The van der Waals surface area contributed by atoms with Crippen LogP contribution in [0.5, 0.6) is 5.75 Å². The van der Waals surface area contributed by atoms with Crippen molar-refractivity contribution in [1.29, 1.82) is 0 Å². The van der Waals surface area contributed by atoms with Crippen molar-refractivity contribution in [2.75, 3.05) is 0 Å². The minimum absolute atomic E-state index is 0.0163. The van der Waals surface area contributed by atoms with Gasteiger partial charge in [0.1, 0.15) is 5.75 Å². The third-order valence-corrected chi connectivity index (χ3v) is 4.20. The number of hydrazine groups is 1. The van der Waals surface area contributed by atoms with Crippen LogP contribution in [0.3, 0.4) is 0 Å². The fourth-order valence-corrected chi connectivity index (χ4v) is 2.76. The first-order valence-corrected chi connectivity index (χ1v) is 8.70. The molecule has 144 valence electrons. The molecule has 0 radical (unpaired) electrons. The maximum absolute atomic E-state index is 13.1. The van der Waals surface area contributed by atoms with Crippen LogP contribution in [0.2, 0.25) is 0 Å². The van der Waals surface area contributed by atoms with E-state index in [0.717, 1.165) is 5.56 Å². The van der Waals surface area contributed by atoms with E-state index in [2.05, 4.69) is 5.43 Å². The summed E-state index contributed by atoms with van der Waals surface area (Å²) in [4.78, 5) is 25.9. The fourth-order valence-electron chi connectivity index (χ4n) is 2.76. The summed E-state index contributed by atoms with van der Waals surface area (Å²) in [5.41, 5.74) is 4.55. The van der Waals surface area contributed by atoms with E-state index in [9.17, 15) is 19.8 Å². The number of aryl methyl sites for hydroxylation is 1. The molecule has 0 unspecified atom stereocenters. The highest BCUT2D eigenvalue weighted by Gasteiger charge is 2.30. The number of aliphatic hydroxyl groups excluding tert-OH is 1. The SMILES string of the molecule is Cc1cc(CO)cc(C(=O)N(NC(=O)c2cccc(O)c2C)C(C)(C)C)c1. The lowest BCUT2D eigenvalue weighted by Gasteiger charge is -2.35. The molecule has 2 rings (SSSR count). The molecule has 0 aromatic heterocycles. The van der Waals surface area contributed by atoms with Gasteiger partial charge < -0.3 is 10.2 Å². The normalized spacial score (nSPS) is 11.2. The lowest BCUT2D eigenvalue weighted by molar-refractivity contribution is 0.0358. The average Bonchev–Trinajstić information content (AvgIpc) is 2.59. The molecule has 2 aromatic rings. The molecule has 0 aliphatic heterocycles. The van der Waals surface area contributed by atoms with Crippen LogP contribution in [0.15, 0.2) is 36.4 Å². The maximum atomic E-state index is 13.1. The van der Waals surface area contributed by atoms with Gasteiger partial charge in [-0.3, -0.25) is 15.0 Å². The number of phenols is 1. The van der Waals surface area contributed by atoms with Crippen LogP contribution < -0.4 is 5.43 Å². The van der Waals surface area contributed by atoms with Crippen LogP contribution in [-0.4, -0.2) is 32.6 Å². The van der Waals surface area contributed by atoms with E-state index in [4.69, 9.17) is 0 Å². The number of aliphatic hydroxyl groups is 1. The van der Waals surface area contributed by atoms with Crippen LogP contribution in [0, 0.1) is 13.8 Å². The van der Waals surface area contributed by atoms with Gasteiger partial charge in [-0.05, 0) is 70.0 Å². The standard InChI is InChI=1S/C21H26N2O4/c1-13-9-15(12-24)11-16(10-13)20(27)23(21(3,4)5)22-19(26)17-7-6-8-18(25)14(17)2/h6-11,24-25H,12H2,1-5H3,(H,22,26). The second-order valence-electron chi connectivity index (χ2n) is 7.57. The largest absolute Gasteiger partial charge is 0.508 e. The minimum Gasteiger partial charge on any atom is -0.508 e. The molecule has 3 N–H and O–H groups in total. The van der Waals surface area contributed by atoms with E-state index in [-0.39, 0.29) is 23.8 Å². The average molecular weight is 370 g/mol. The number of aromatic hydroxyl groups is 1. The highest BCUT2D eigenvalue weighted by Crippen LogP contribution is 2.21. The van der Waals surface area contributed by atoms with Gasteiger partial charge >= 0.3 is 0 Å². The van der Waals surface area contributed by atoms with Gasteiger partial charge in [-0.25, -0.2) is 5.01 Å². The molecule has 0 spiro atoms. The van der Waals surface area contributed by atoms with Gasteiger partial charge in [-0.1, -0.05) is 12.1 Å². The summed E-state index contributed by atoms with van der Waals surface area (Å²) in [6.45, 7) is 8.73. The first-order valence-electron chi connectivity index (χ1n) is 8.70. The number of hydrogen-bond donors (Lipinski definition) is 3. The molecule has 0 saturated carbocycles. The van der Waals surface area contributed by atoms with E-state index in [0.29, 0.717) is 16.7 Å². The van der Waals surface area contributed by atoms with Crippen molar-refractivity contribution in [2.45, 2.75) is 46.8 Å². The number of phenolic OH excluding ortho intramolecular Hbond substituents is 1. The number of carbonyl (C=O) groups excluding carboxylic acids is 2. The summed E-state index contributed by atoms with van der Waals surface area (Å²) in [5, 5.41) is 20.5. The van der Waals surface area contributed by atoms with Crippen molar-refractivity contribution in [3.8, 4) is 5.75 Å². The van der Waals surface area contributed by atoms with Crippen LogP contribution >= 0.6 is 0 Å². The molecule has 0 saturated heterocycles. The molecule has 0 aliphatic rings. The molecule has 6 heteroatoms. The zero-order valence-electron chi connectivity index (χ0n) is 16.3. The predicted octanol–water partition coefficient (Wildman–Crippen LogP) is 3.09. The van der Waals surface area contributed by atoms with Crippen molar-refractivity contribution in [3.05, 3.63) is 64.2 Å². The van der Waals surface area contributed by atoms with Gasteiger partial charge in [0, 0.05) is 16.7 Å². The quantitative estimate of drug-likeness (QED) is 0.724. The summed E-state index contributed by atoms with van der Waals surface area (Å²) in [5.74, 6) is -0.851. The van der Waals surface area contributed by atoms with Crippen LogP contribution in [-0.2, 0) is 6.61 Å². The van der Waals surface area contributed by atoms with Gasteiger partial charge in [0.05, 0.1) is 12.1 Å². The lowest BCUT2D eigenvalue weighted by Crippen LogP contribution is -2.56. The number of carbonyl (C=O) groups is 2. The topological polar surface area (TPSA) is 89.9 Å². The molecule has 2 amide bonds. The maximum Gasteiger partial charge on any atom is 0.272 e. The van der Waals surface area contributed by atoms with Crippen molar-refractivity contribution < 1.29 is 19.8 Å². The Balaban J connectivity index is 2.39. The van der Waals surface area contributed by atoms with Crippen LogP contribution in [0.25, 0.3) is 0 Å². The van der Waals surface area contributed by atoms with Gasteiger partial charge in [0.25, 0.3) is 11.8 Å². The Morgan fingerprint density at radius 2 is 1.78 bits per heavy atom. The Labute approximate surface area is 159 Å². The fraction of sp³-hybridized carbons (Fsp3) is 0.333. The third-order valence-electron chi connectivity index (χ3n) is 4.20. The number of benzene rings is 2. The predicted molar refractivity (Wildman–Crippen MR) is 103 cm³/mol. The molecule has 0 fully saturated rings. The Kier molecular flexibility index (Phi) is 5.91. The van der Waals surface area contributed by atoms with E-state index < -0.39 is 11.4 Å². The van der Waals surface area contributed by atoms with Crippen LogP contribution in [0.4, 0.5) is 0 Å². The van der Waals surface area contributed by atoms with Gasteiger partial charge in [0.15, 0.2) is 0 Å². The molecule has 2 aromatic carbocycles. The number of hydrogen-bond acceptors (Lipinski definition) is 4. The van der Waals surface area contributed by atoms with Gasteiger partial charge in [-0.2, -0.15) is 0 Å². The molecule has 0 atom stereocenters. The summed E-state index contributed by atoms with van der Waals surface area (Å²) < 4.78 is 0. The second-order valence-corrected chi connectivity index (χ2v) is 7.57. The molecule has 27 heavy (non-hydrogen) atoms. The Morgan fingerprint density at radius 1 is 1.11 bits per heavy atom. The monoisotopic (exact) mass is 370 g/mol.